The number of amidine groups is 1. The van der Waals surface area contributed by atoms with Gasteiger partial charge in [0, 0.05) is 25.3 Å². The van der Waals surface area contributed by atoms with E-state index in [-0.39, 0.29) is 17.5 Å². The Morgan fingerprint density at radius 2 is 1.90 bits per heavy atom. The van der Waals surface area contributed by atoms with Crippen LogP contribution in [0.25, 0.3) is 0 Å². The van der Waals surface area contributed by atoms with Crippen LogP contribution in [0.5, 0.6) is 0 Å². The van der Waals surface area contributed by atoms with Crippen molar-refractivity contribution in [3.05, 3.63) is 28.8 Å². The van der Waals surface area contributed by atoms with E-state index >= 15 is 0 Å². The molecule has 5 aliphatic rings. The molecule has 29 heavy (non-hydrogen) atoms. The maximum absolute atomic E-state index is 12.6. The predicted octanol–water partition coefficient (Wildman–Crippen LogP) is 5.35. The Balaban J connectivity index is 1.24. The normalized spacial score (nSPS) is 36.8. The minimum atomic E-state index is 0.0178. The van der Waals surface area contributed by atoms with E-state index in [4.69, 9.17) is 16.6 Å². The van der Waals surface area contributed by atoms with Crippen LogP contribution in [0.15, 0.2) is 23.2 Å². The van der Waals surface area contributed by atoms with Gasteiger partial charge in [0.15, 0.2) is 5.17 Å². The maximum Gasteiger partial charge on any atom is 0.226 e. The highest BCUT2D eigenvalue weighted by atomic mass is 35.5. The molecule has 1 unspecified atom stereocenters. The van der Waals surface area contributed by atoms with Crippen molar-refractivity contribution < 1.29 is 4.79 Å². The van der Waals surface area contributed by atoms with Crippen molar-refractivity contribution in [2.75, 3.05) is 18.1 Å². The van der Waals surface area contributed by atoms with Gasteiger partial charge in [0.25, 0.3) is 0 Å². The van der Waals surface area contributed by atoms with Crippen molar-refractivity contribution in [2.24, 2.45) is 22.7 Å². The first kappa shape index (κ1) is 19.7. The fourth-order valence-corrected chi connectivity index (χ4v) is 7.97. The lowest BCUT2D eigenvalue weighted by Gasteiger charge is -2.55. The number of nitrogens with one attached hydrogen (secondary N) is 1. The molecule has 4 aliphatic carbocycles. The van der Waals surface area contributed by atoms with Crippen LogP contribution in [0.1, 0.15) is 50.5 Å². The van der Waals surface area contributed by atoms with Gasteiger partial charge in [-0.1, -0.05) is 29.4 Å². The summed E-state index contributed by atoms with van der Waals surface area (Å²) >= 11 is 8.10. The number of carbonyl (C=O) groups excluding carboxylic acids is 1. The van der Waals surface area contributed by atoms with Gasteiger partial charge in [-0.15, -0.1) is 0 Å². The maximum atomic E-state index is 12.6. The van der Waals surface area contributed by atoms with Gasteiger partial charge in [-0.3, -0.25) is 9.79 Å². The summed E-state index contributed by atoms with van der Waals surface area (Å²) in [5, 5.41) is 4.72. The first-order chi connectivity index (χ1) is 13.9. The number of anilines is 1. The lowest BCUT2D eigenvalue weighted by Crippen LogP contribution is -2.50. The molecule has 6 heteroatoms. The lowest BCUT2D eigenvalue weighted by atomic mass is 9.53. The molecule has 156 valence electrons. The summed E-state index contributed by atoms with van der Waals surface area (Å²) in [5.41, 5.74) is 1.97. The van der Waals surface area contributed by atoms with Crippen LogP contribution >= 0.6 is 23.4 Å². The van der Waals surface area contributed by atoms with Gasteiger partial charge in [0.2, 0.25) is 5.91 Å². The highest BCUT2D eigenvalue weighted by Crippen LogP contribution is 2.57. The van der Waals surface area contributed by atoms with Crippen molar-refractivity contribution in [3.63, 3.8) is 0 Å². The Labute approximate surface area is 182 Å². The quantitative estimate of drug-likeness (QED) is 0.698. The van der Waals surface area contributed by atoms with Crippen LogP contribution < -0.4 is 5.32 Å². The highest BCUT2D eigenvalue weighted by molar-refractivity contribution is 8.14. The molecular weight excluding hydrogens is 402 g/mol. The molecule has 4 nitrogen and oxygen atoms in total. The second-order valence-corrected chi connectivity index (χ2v) is 11.2. The third-order valence-corrected chi connectivity index (χ3v) is 8.91. The molecule has 1 atom stereocenters. The Hall–Kier alpha value is -1.20. The third kappa shape index (κ3) is 3.93. The molecule has 4 saturated carbocycles. The molecule has 1 saturated heterocycles. The Bertz CT molecular complexity index is 819. The molecule has 1 amide bonds. The topological polar surface area (TPSA) is 44.7 Å². The fraction of sp³-hybridized carbons (Fsp3) is 0.652. The summed E-state index contributed by atoms with van der Waals surface area (Å²) in [6, 6.07) is 5.92. The van der Waals surface area contributed by atoms with Crippen LogP contribution in [0.3, 0.4) is 0 Å². The number of carbonyl (C=O) groups is 1. The summed E-state index contributed by atoms with van der Waals surface area (Å²) in [5.74, 6) is 3.66. The fourth-order valence-electron chi connectivity index (χ4n) is 6.39. The van der Waals surface area contributed by atoms with Crippen molar-refractivity contribution in [2.45, 2.75) is 63.5 Å². The van der Waals surface area contributed by atoms with Gasteiger partial charge in [-0.25, -0.2) is 0 Å². The Morgan fingerprint density at radius 3 is 2.52 bits per heavy atom. The Morgan fingerprint density at radius 1 is 1.24 bits per heavy atom. The summed E-state index contributed by atoms with van der Waals surface area (Å²) in [4.78, 5) is 20.2. The monoisotopic (exact) mass is 431 g/mol. The van der Waals surface area contributed by atoms with Gasteiger partial charge < -0.3 is 10.2 Å². The first-order valence-corrected chi connectivity index (χ1v) is 12.3. The number of aliphatic imine (C=N–C) groups is 1. The summed E-state index contributed by atoms with van der Waals surface area (Å²) in [7, 11) is 2.11. The number of thioether (sulfide) groups is 1. The summed E-state index contributed by atoms with van der Waals surface area (Å²) < 4.78 is 0. The van der Waals surface area contributed by atoms with E-state index in [2.05, 4.69) is 17.3 Å². The molecule has 1 heterocycles. The lowest BCUT2D eigenvalue weighted by molar-refractivity contribution is -0.116. The largest absolute Gasteiger partial charge is 0.350 e. The second-order valence-electron chi connectivity index (χ2n) is 9.85. The highest BCUT2D eigenvalue weighted by Gasteiger charge is 2.51. The van der Waals surface area contributed by atoms with E-state index in [1.165, 1.54) is 38.5 Å². The second kappa shape index (κ2) is 7.49. The van der Waals surface area contributed by atoms with E-state index in [0.29, 0.717) is 17.1 Å². The molecule has 0 radical (unpaired) electrons. The minimum absolute atomic E-state index is 0.0178. The van der Waals surface area contributed by atoms with E-state index in [0.717, 1.165) is 34.2 Å². The molecule has 1 aromatic rings. The van der Waals surface area contributed by atoms with Crippen molar-refractivity contribution in [3.8, 4) is 0 Å². The van der Waals surface area contributed by atoms with Gasteiger partial charge >= 0.3 is 0 Å². The van der Waals surface area contributed by atoms with E-state index in [1.807, 2.05) is 36.9 Å². The van der Waals surface area contributed by atoms with Gasteiger partial charge in [-0.05, 0) is 80.9 Å². The molecule has 1 N–H and O–H groups in total. The number of hydrogen-bond acceptors (Lipinski definition) is 3. The van der Waals surface area contributed by atoms with Crippen LogP contribution in [0.4, 0.5) is 5.69 Å². The molecular formula is C23H30ClN3OS. The van der Waals surface area contributed by atoms with E-state index < -0.39 is 0 Å². The van der Waals surface area contributed by atoms with Crippen molar-refractivity contribution in [1.29, 1.82) is 0 Å². The van der Waals surface area contributed by atoms with Gasteiger partial charge in [0.05, 0.1) is 16.2 Å². The number of halogens is 1. The van der Waals surface area contributed by atoms with Crippen LogP contribution in [0.2, 0.25) is 5.02 Å². The molecule has 0 spiro atoms. The van der Waals surface area contributed by atoms with Gasteiger partial charge in [-0.2, -0.15) is 0 Å². The number of benzene rings is 1. The summed E-state index contributed by atoms with van der Waals surface area (Å²) in [6.07, 6.45) is 8.65. The molecule has 1 aliphatic heterocycles. The Kier molecular flexibility index (Phi) is 5.10. The van der Waals surface area contributed by atoms with Crippen molar-refractivity contribution >= 4 is 40.1 Å². The molecule has 4 bridgehead atoms. The smallest absolute Gasteiger partial charge is 0.226 e. The first-order valence-electron chi connectivity index (χ1n) is 10.9. The number of hydrogen-bond donors (Lipinski definition) is 1. The van der Waals surface area contributed by atoms with Crippen LogP contribution in [0, 0.1) is 24.7 Å². The zero-order valence-electron chi connectivity index (χ0n) is 17.3. The van der Waals surface area contributed by atoms with Crippen LogP contribution in [-0.2, 0) is 4.79 Å². The average molecular weight is 432 g/mol. The SMILES string of the molecule is Cc1ccc(NC(=O)CC2CSC(=NC34CC5CC(CC(C5)C3)C4)N2C)c(Cl)c1. The molecule has 0 aromatic heterocycles. The van der Waals surface area contributed by atoms with Gasteiger partial charge in [0.1, 0.15) is 0 Å². The van der Waals surface area contributed by atoms with Crippen LogP contribution in [-0.4, -0.2) is 40.4 Å². The molecule has 5 fully saturated rings. The summed E-state index contributed by atoms with van der Waals surface area (Å²) in [6.45, 7) is 1.99. The third-order valence-electron chi connectivity index (χ3n) is 7.41. The zero-order chi connectivity index (χ0) is 20.2. The average Bonchev–Trinajstić information content (AvgIpc) is 2.96. The molecule has 1 aromatic carbocycles. The minimum Gasteiger partial charge on any atom is -0.350 e. The van der Waals surface area contributed by atoms with E-state index in [1.54, 1.807) is 0 Å². The number of amides is 1. The predicted molar refractivity (Wildman–Crippen MR) is 122 cm³/mol. The molecule has 6 rings (SSSR count). The number of aryl methyl sites for hydroxylation is 1. The zero-order valence-corrected chi connectivity index (χ0v) is 18.9. The number of nitrogens with zero attached hydrogens (tertiary/aromatic N) is 2. The number of rotatable bonds is 4. The van der Waals surface area contributed by atoms with E-state index in [9.17, 15) is 4.79 Å². The van der Waals surface area contributed by atoms with Crippen molar-refractivity contribution in [1.82, 2.24) is 4.90 Å². The standard InChI is InChI=1S/C23H30ClN3OS/c1-14-3-4-20(19(24)5-14)25-21(28)9-18-13-29-22(27(18)2)26-23-10-15-6-16(11-23)8-17(7-15)12-23/h3-5,15-18H,6-13H2,1-2H3,(H,25,28).